The lowest BCUT2D eigenvalue weighted by Gasteiger charge is -2.16. The summed E-state index contributed by atoms with van der Waals surface area (Å²) in [4.78, 5) is 34.5. The van der Waals surface area contributed by atoms with Crippen molar-refractivity contribution in [2.75, 3.05) is 12.4 Å². The molecule has 2 aromatic heterocycles. The van der Waals surface area contributed by atoms with E-state index in [0.717, 1.165) is 15.3 Å². The summed E-state index contributed by atoms with van der Waals surface area (Å²) in [5, 5.41) is 13.5. The van der Waals surface area contributed by atoms with Crippen molar-refractivity contribution in [3.05, 3.63) is 69.1 Å². The van der Waals surface area contributed by atoms with Gasteiger partial charge >= 0.3 is 5.69 Å². The molecule has 1 atom stereocenters. The van der Waals surface area contributed by atoms with Gasteiger partial charge in [-0.3, -0.25) is 13.9 Å². The van der Waals surface area contributed by atoms with E-state index in [1.807, 2.05) is 56.3 Å². The SMILES string of the molecule is Cc1nc(SCC(O)COc2ccc3ccccc3c2)c2c(=O)n(C)c(=O)n(CC(C)C)c2n1. The number of aromatic nitrogens is 4. The lowest BCUT2D eigenvalue weighted by atomic mass is 10.1. The highest BCUT2D eigenvalue weighted by atomic mass is 32.2. The second-order valence-electron chi connectivity index (χ2n) is 8.71. The number of ether oxygens (including phenoxy) is 1. The Hall–Kier alpha value is -3.17. The Labute approximate surface area is 201 Å². The Bertz CT molecular complexity index is 1460. The molecule has 0 aliphatic heterocycles. The van der Waals surface area contributed by atoms with Gasteiger partial charge in [-0.05, 0) is 35.7 Å². The zero-order valence-electron chi connectivity index (χ0n) is 19.7. The predicted octanol–water partition coefficient (Wildman–Crippen LogP) is 3.14. The number of hydrogen-bond acceptors (Lipinski definition) is 7. The average Bonchev–Trinajstić information content (AvgIpc) is 2.82. The van der Waals surface area contributed by atoms with Crippen molar-refractivity contribution < 1.29 is 9.84 Å². The average molecular weight is 481 g/mol. The lowest BCUT2D eigenvalue weighted by Crippen LogP contribution is -2.39. The molecule has 0 amide bonds. The summed E-state index contributed by atoms with van der Waals surface area (Å²) >= 11 is 1.26. The van der Waals surface area contributed by atoms with Gasteiger partial charge in [-0.15, -0.1) is 11.8 Å². The molecule has 0 fully saturated rings. The van der Waals surface area contributed by atoms with E-state index in [-0.39, 0.29) is 18.3 Å². The number of thioether (sulfide) groups is 1. The van der Waals surface area contributed by atoms with Gasteiger partial charge in [-0.25, -0.2) is 14.8 Å². The molecular weight excluding hydrogens is 452 g/mol. The van der Waals surface area contributed by atoms with Crippen molar-refractivity contribution >= 4 is 33.6 Å². The number of benzene rings is 2. The molecule has 0 saturated heterocycles. The first-order valence-electron chi connectivity index (χ1n) is 11.1. The van der Waals surface area contributed by atoms with Crippen LogP contribution >= 0.6 is 11.8 Å². The van der Waals surface area contributed by atoms with Gasteiger partial charge in [-0.1, -0.05) is 44.2 Å². The fourth-order valence-corrected chi connectivity index (χ4v) is 4.71. The summed E-state index contributed by atoms with van der Waals surface area (Å²) in [6.45, 7) is 6.26. The van der Waals surface area contributed by atoms with Crippen molar-refractivity contribution in [3.63, 3.8) is 0 Å². The topological polar surface area (TPSA) is 99.2 Å². The van der Waals surface area contributed by atoms with Crippen LogP contribution in [0.2, 0.25) is 0 Å². The van der Waals surface area contributed by atoms with Crippen LogP contribution in [0.4, 0.5) is 0 Å². The third kappa shape index (κ3) is 5.00. The van der Waals surface area contributed by atoms with E-state index in [4.69, 9.17) is 4.74 Å². The van der Waals surface area contributed by atoms with Gasteiger partial charge in [0.25, 0.3) is 5.56 Å². The minimum absolute atomic E-state index is 0.101. The highest BCUT2D eigenvalue weighted by Gasteiger charge is 2.19. The Balaban J connectivity index is 1.54. The molecule has 2 aromatic carbocycles. The number of rotatable bonds is 8. The van der Waals surface area contributed by atoms with Gasteiger partial charge in [0.1, 0.15) is 28.6 Å². The van der Waals surface area contributed by atoms with Crippen LogP contribution in [0, 0.1) is 12.8 Å². The zero-order chi connectivity index (χ0) is 24.4. The molecule has 34 heavy (non-hydrogen) atoms. The van der Waals surface area contributed by atoms with Gasteiger partial charge in [0, 0.05) is 19.3 Å². The minimum atomic E-state index is -0.785. The number of fused-ring (bicyclic) bond motifs is 2. The summed E-state index contributed by atoms with van der Waals surface area (Å²) in [6, 6.07) is 13.8. The summed E-state index contributed by atoms with van der Waals surface area (Å²) in [5.41, 5.74) is -0.507. The summed E-state index contributed by atoms with van der Waals surface area (Å²) in [5.74, 6) is 1.60. The first-order chi connectivity index (χ1) is 16.2. The maximum Gasteiger partial charge on any atom is 0.332 e. The molecule has 9 heteroatoms. The molecule has 0 spiro atoms. The molecule has 0 radical (unpaired) electrons. The van der Waals surface area contributed by atoms with Crippen LogP contribution in [0.1, 0.15) is 19.7 Å². The van der Waals surface area contributed by atoms with Gasteiger partial charge < -0.3 is 9.84 Å². The molecule has 0 saturated carbocycles. The minimum Gasteiger partial charge on any atom is -0.491 e. The van der Waals surface area contributed by atoms with Gasteiger partial charge in [0.05, 0.1) is 6.10 Å². The van der Waals surface area contributed by atoms with E-state index < -0.39 is 17.4 Å². The number of aryl methyl sites for hydroxylation is 1. The smallest absolute Gasteiger partial charge is 0.332 e. The van der Waals surface area contributed by atoms with Gasteiger partial charge in [0.2, 0.25) is 0 Å². The van der Waals surface area contributed by atoms with E-state index >= 15 is 0 Å². The third-order valence-electron chi connectivity index (χ3n) is 5.38. The molecule has 0 aliphatic carbocycles. The normalized spacial score (nSPS) is 12.5. The summed E-state index contributed by atoms with van der Waals surface area (Å²) < 4.78 is 8.41. The largest absolute Gasteiger partial charge is 0.491 e. The van der Waals surface area contributed by atoms with Gasteiger partial charge in [-0.2, -0.15) is 0 Å². The highest BCUT2D eigenvalue weighted by molar-refractivity contribution is 7.99. The van der Waals surface area contributed by atoms with E-state index in [0.29, 0.717) is 34.2 Å². The second kappa shape index (κ2) is 9.99. The molecule has 4 aromatic rings. The standard InChI is InChI=1S/C25H28N4O4S/c1-15(2)12-29-22-21(24(31)28(4)25(29)32)23(27-16(3)26-22)34-14-19(30)13-33-20-10-9-17-7-5-6-8-18(17)11-20/h5-11,15,19,30H,12-14H2,1-4H3. The van der Waals surface area contributed by atoms with Crippen molar-refractivity contribution in [2.45, 2.75) is 38.4 Å². The fraction of sp³-hybridized carbons (Fsp3) is 0.360. The Morgan fingerprint density at radius 2 is 1.82 bits per heavy atom. The second-order valence-corrected chi connectivity index (χ2v) is 9.72. The molecule has 4 rings (SSSR count). The predicted molar refractivity (Wildman–Crippen MR) is 135 cm³/mol. The lowest BCUT2D eigenvalue weighted by molar-refractivity contribution is 0.126. The maximum atomic E-state index is 13.0. The molecule has 2 heterocycles. The molecule has 8 nitrogen and oxygen atoms in total. The van der Waals surface area contributed by atoms with E-state index in [2.05, 4.69) is 9.97 Å². The van der Waals surface area contributed by atoms with Crippen LogP contribution < -0.4 is 16.0 Å². The van der Waals surface area contributed by atoms with Crippen LogP contribution in [0.5, 0.6) is 5.75 Å². The first kappa shape index (κ1) is 24.0. The highest BCUT2D eigenvalue weighted by Crippen LogP contribution is 2.24. The van der Waals surface area contributed by atoms with Crippen LogP contribution in [-0.4, -0.2) is 42.7 Å². The fourth-order valence-electron chi connectivity index (χ4n) is 3.75. The number of aliphatic hydroxyl groups excluding tert-OH is 1. The third-order valence-corrected chi connectivity index (χ3v) is 6.50. The number of hydrogen-bond donors (Lipinski definition) is 1. The molecule has 0 bridgehead atoms. The molecule has 1 N–H and O–H groups in total. The van der Waals surface area contributed by atoms with Crippen molar-refractivity contribution in [1.29, 1.82) is 0 Å². The Morgan fingerprint density at radius 1 is 1.09 bits per heavy atom. The van der Waals surface area contributed by atoms with Crippen LogP contribution in [-0.2, 0) is 13.6 Å². The monoisotopic (exact) mass is 480 g/mol. The molecule has 178 valence electrons. The van der Waals surface area contributed by atoms with E-state index in [1.54, 1.807) is 6.92 Å². The van der Waals surface area contributed by atoms with E-state index in [9.17, 15) is 14.7 Å². The summed E-state index contributed by atoms with van der Waals surface area (Å²) in [6.07, 6.45) is -0.785. The molecule has 1 unspecified atom stereocenters. The quantitative estimate of drug-likeness (QED) is 0.306. The van der Waals surface area contributed by atoms with Crippen LogP contribution in [0.25, 0.3) is 21.8 Å². The molecule has 0 aliphatic rings. The van der Waals surface area contributed by atoms with Crippen molar-refractivity contribution in [1.82, 2.24) is 19.1 Å². The van der Waals surface area contributed by atoms with Crippen LogP contribution in [0.15, 0.2) is 57.1 Å². The molecular formula is C25H28N4O4S. The zero-order valence-corrected chi connectivity index (χ0v) is 20.5. The number of nitrogens with zero attached hydrogens (tertiary/aromatic N) is 4. The van der Waals surface area contributed by atoms with Crippen molar-refractivity contribution in [3.8, 4) is 5.75 Å². The first-order valence-corrected chi connectivity index (χ1v) is 12.1. The van der Waals surface area contributed by atoms with Gasteiger partial charge in [0.15, 0.2) is 5.65 Å². The van der Waals surface area contributed by atoms with Crippen LogP contribution in [0.3, 0.4) is 0 Å². The Kier molecular flexibility index (Phi) is 7.04. The summed E-state index contributed by atoms with van der Waals surface area (Å²) in [7, 11) is 1.46. The maximum absolute atomic E-state index is 13.0. The van der Waals surface area contributed by atoms with Crippen molar-refractivity contribution in [2.24, 2.45) is 13.0 Å². The number of aliphatic hydroxyl groups is 1. The van der Waals surface area contributed by atoms with E-state index in [1.165, 1.54) is 23.4 Å². The Morgan fingerprint density at radius 3 is 2.56 bits per heavy atom.